The number of carbonyl (C=O) groups is 1. The Labute approximate surface area is 136 Å². The van der Waals surface area contributed by atoms with E-state index in [1.54, 1.807) is 0 Å². The lowest BCUT2D eigenvalue weighted by Gasteiger charge is -2.40. The average Bonchev–Trinajstić information content (AvgIpc) is 2.48. The summed E-state index contributed by atoms with van der Waals surface area (Å²) in [5.41, 5.74) is 0. The summed E-state index contributed by atoms with van der Waals surface area (Å²) in [6.07, 6.45) is 2.90. The summed E-state index contributed by atoms with van der Waals surface area (Å²) in [6.45, 7) is 16.9. The minimum absolute atomic E-state index is 0.330. The summed E-state index contributed by atoms with van der Waals surface area (Å²) < 4.78 is 0. The fraction of sp³-hybridized carbons (Fsp3) is 0.944. The first-order chi connectivity index (χ1) is 10.5. The molecule has 2 fully saturated rings. The molecule has 0 amide bonds. The first-order valence-corrected chi connectivity index (χ1v) is 9.17. The van der Waals surface area contributed by atoms with E-state index in [0.29, 0.717) is 23.7 Å². The molecule has 0 N–H and O–H groups in total. The van der Waals surface area contributed by atoms with E-state index in [4.69, 9.17) is 0 Å². The molecule has 2 aliphatic heterocycles. The van der Waals surface area contributed by atoms with Crippen LogP contribution in [0.15, 0.2) is 0 Å². The van der Waals surface area contributed by atoms with Gasteiger partial charge < -0.3 is 0 Å². The Balaban J connectivity index is 1.67. The van der Waals surface area contributed by atoms with Crippen molar-refractivity contribution >= 4 is 5.78 Å². The fourth-order valence-corrected chi connectivity index (χ4v) is 3.67. The van der Waals surface area contributed by atoms with E-state index in [1.165, 1.54) is 26.2 Å². The zero-order chi connectivity index (χ0) is 16.1. The maximum atomic E-state index is 12.2. The van der Waals surface area contributed by atoms with Crippen LogP contribution in [-0.2, 0) is 4.79 Å². The molecule has 0 bridgehead atoms. The highest BCUT2D eigenvalue weighted by atomic mass is 16.1. The van der Waals surface area contributed by atoms with Crippen LogP contribution in [0.3, 0.4) is 0 Å². The molecule has 0 saturated carbocycles. The van der Waals surface area contributed by atoms with Crippen LogP contribution in [0.2, 0.25) is 0 Å². The second-order valence-electron chi connectivity index (χ2n) is 7.85. The van der Waals surface area contributed by atoms with Crippen LogP contribution in [0, 0.1) is 11.8 Å². The van der Waals surface area contributed by atoms with E-state index in [2.05, 4.69) is 42.4 Å². The third-order valence-electron chi connectivity index (χ3n) is 5.19. The van der Waals surface area contributed by atoms with E-state index in [9.17, 15) is 4.79 Å². The van der Waals surface area contributed by atoms with Gasteiger partial charge in [-0.3, -0.25) is 19.5 Å². The molecule has 0 atom stereocenters. The summed E-state index contributed by atoms with van der Waals surface area (Å²) in [5.74, 6) is 1.33. The Morgan fingerprint density at radius 1 is 0.909 bits per heavy atom. The lowest BCUT2D eigenvalue weighted by atomic mass is 9.88. The quantitative estimate of drug-likeness (QED) is 0.752. The second-order valence-corrected chi connectivity index (χ2v) is 7.85. The van der Waals surface area contributed by atoms with Gasteiger partial charge in [0.2, 0.25) is 0 Å². The molecular weight excluding hydrogens is 274 g/mol. The molecule has 2 saturated heterocycles. The number of ketones is 1. The predicted molar refractivity (Wildman–Crippen MR) is 91.9 cm³/mol. The molecule has 0 aromatic carbocycles. The largest absolute Gasteiger partial charge is 0.299 e. The van der Waals surface area contributed by atoms with Crippen molar-refractivity contribution in [3.05, 3.63) is 0 Å². The van der Waals surface area contributed by atoms with Gasteiger partial charge in [-0.2, -0.15) is 0 Å². The highest BCUT2D eigenvalue weighted by Crippen LogP contribution is 2.21. The SMILES string of the molecule is CC(C)CC(=O)C1CCN(CN2CCN(C(C)C)CC2)CC1. The Bertz CT molecular complexity index is 340. The summed E-state index contributed by atoms with van der Waals surface area (Å²) >= 11 is 0. The fourth-order valence-electron chi connectivity index (χ4n) is 3.67. The third-order valence-corrected chi connectivity index (χ3v) is 5.19. The van der Waals surface area contributed by atoms with Crippen molar-refractivity contribution in [3.8, 4) is 0 Å². The van der Waals surface area contributed by atoms with Crippen molar-refractivity contribution in [2.75, 3.05) is 45.9 Å². The highest BCUT2D eigenvalue weighted by molar-refractivity contribution is 5.81. The second kappa shape index (κ2) is 8.42. The van der Waals surface area contributed by atoms with E-state index in [0.717, 1.165) is 39.0 Å². The Morgan fingerprint density at radius 3 is 1.95 bits per heavy atom. The van der Waals surface area contributed by atoms with E-state index >= 15 is 0 Å². The predicted octanol–water partition coefficient (Wildman–Crippen LogP) is 2.30. The normalized spacial score (nSPS) is 23.5. The monoisotopic (exact) mass is 309 g/mol. The molecule has 0 aliphatic carbocycles. The summed E-state index contributed by atoms with van der Waals surface area (Å²) in [6, 6.07) is 0.671. The zero-order valence-electron chi connectivity index (χ0n) is 15.1. The summed E-state index contributed by atoms with van der Waals surface area (Å²) in [7, 11) is 0. The van der Waals surface area contributed by atoms with Gasteiger partial charge >= 0.3 is 0 Å². The van der Waals surface area contributed by atoms with Gasteiger partial charge in [-0.25, -0.2) is 0 Å². The number of carbonyl (C=O) groups excluding carboxylic acids is 1. The van der Waals surface area contributed by atoms with Crippen molar-refractivity contribution in [1.29, 1.82) is 0 Å². The van der Waals surface area contributed by atoms with Gasteiger partial charge in [0.05, 0.1) is 6.67 Å². The summed E-state index contributed by atoms with van der Waals surface area (Å²) in [5, 5.41) is 0. The number of hydrogen-bond donors (Lipinski definition) is 0. The molecule has 0 unspecified atom stereocenters. The molecule has 0 radical (unpaired) electrons. The molecule has 2 aliphatic rings. The van der Waals surface area contributed by atoms with Gasteiger partial charge in [-0.1, -0.05) is 13.8 Å². The Morgan fingerprint density at radius 2 is 1.45 bits per heavy atom. The van der Waals surface area contributed by atoms with E-state index in [1.807, 2.05) is 0 Å². The van der Waals surface area contributed by atoms with E-state index in [-0.39, 0.29) is 0 Å². The molecule has 0 spiro atoms. The van der Waals surface area contributed by atoms with Gasteiger partial charge in [0.25, 0.3) is 0 Å². The molecule has 128 valence electrons. The van der Waals surface area contributed by atoms with E-state index < -0.39 is 0 Å². The molecule has 2 heterocycles. The molecule has 0 aromatic rings. The lowest BCUT2D eigenvalue weighted by Crippen LogP contribution is -2.52. The maximum Gasteiger partial charge on any atom is 0.136 e. The highest BCUT2D eigenvalue weighted by Gasteiger charge is 2.27. The topological polar surface area (TPSA) is 26.8 Å². The van der Waals surface area contributed by atoms with Gasteiger partial charge in [0.15, 0.2) is 0 Å². The van der Waals surface area contributed by atoms with Crippen molar-refractivity contribution in [1.82, 2.24) is 14.7 Å². The van der Waals surface area contributed by atoms with Gasteiger partial charge in [0, 0.05) is 57.6 Å². The smallest absolute Gasteiger partial charge is 0.136 e. The summed E-state index contributed by atoms with van der Waals surface area (Å²) in [4.78, 5) is 19.9. The molecule has 2 rings (SSSR count). The minimum atomic E-state index is 0.330. The van der Waals surface area contributed by atoms with Crippen molar-refractivity contribution in [2.45, 2.75) is 53.0 Å². The van der Waals surface area contributed by atoms with Crippen LogP contribution >= 0.6 is 0 Å². The van der Waals surface area contributed by atoms with Crippen LogP contribution in [-0.4, -0.2) is 72.5 Å². The van der Waals surface area contributed by atoms with Crippen molar-refractivity contribution in [3.63, 3.8) is 0 Å². The van der Waals surface area contributed by atoms with Gasteiger partial charge in [0.1, 0.15) is 5.78 Å². The first kappa shape index (κ1) is 17.9. The van der Waals surface area contributed by atoms with Crippen LogP contribution in [0.1, 0.15) is 47.0 Å². The Kier molecular flexibility index (Phi) is 6.85. The Hall–Kier alpha value is -0.450. The van der Waals surface area contributed by atoms with Gasteiger partial charge in [-0.15, -0.1) is 0 Å². The number of Topliss-reactive ketones (excluding diaryl/α,β-unsaturated/α-hetero) is 1. The van der Waals surface area contributed by atoms with Crippen LogP contribution in [0.4, 0.5) is 0 Å². The van der Waals surface area contributed by atoms with Gasteiger partial charge in [-0.05, 0) is 32.6 Å². The first-order valence-electron chi connectivity index (χ1n) is 9.17. The number of piperidine rings is 1. The molecule has 4 nitrogen and oxygen atoms in total. The number of nitrogens with zero attached hydrogens (tertiary/aromatic N) is 3. The third kappa shape index (κ3) is 5.32. The maximum absolute atomic E-state index is 12.2. The van der Waals surface area contributed by atoms with Crippen molar-refractivity contribution in [2.24, 2.45) is 11.8 Å². The standard InChI is InChI=1S/C18H35N3O/c1-15(2)13-18(22)17-5-7-19(8-6-17)14-20-9-11-21(12-10-20)16(3)4/h15-17H,5-14H2,1-4H3. The van der Waals surface area contributed by atoms with Crippen LogP contribution in [0.25, 0.3) is 0 Å². The molecule has 4 heteroatoms. The zero-order valence-corrected chi connectivity index (χ0v) is 15.1. The average molecular weight is 309 g/mol. The van der Waals surface area contributed by atoms with Crippen LogP contribution in [0.5, 0.6) is 0 Å². The number of likely N-dealkylation sites (tertiary alicyclic amines) is 1. The van der Waals surface area contributed by atoms with Crippen molar-refractivity contribution < 1.29 is 4.79 Å². The number of rotatable bonds is 6. The lowest BCUT2D eigenvalue weighted by molar-refractivity contribution is -0.125. The molecule has 22 heavy (non-hydrogen) atoms. The molecular formula is C18H35N3O. The number of piperazine rings is 1. The number of hydrogen-bond acceptors (Lipinski definition) is 4. The minimum Gasteiger partial charge on any atom is -0.299 e. The van der Waals surface area contributed by atoms with Crippen LogP contribution < -0.4 is 0 Å². The molecule has 0 aromatic heterocycles.